The Morgan fingerprint density at radius 2 is 1.58 bits per heavy atom. The van der Waals surface area contributed by atoms with Crippen LogP contribution in [-0.2, 0) is 27.4 Å². The van der Waals surface area contributed by atoms with Gasteiger partial charge in [-0.05, 0) is 35.2 Å². The van der Waals surface area contributed by atoms with E-state index in [0.717, 1.165) is 41.9 Å². The SMILES string of the molecule is COc1ccc([C@@H]2CC3(C[C@H](/C=C/CCOCc4ccccc4)N2)OCCO3)cc1OCc1ccccc1. The Balaban J connectivity index is 1.23. The molecule has 5 rings (SSSR count). The topological polar surface area (TPSA) is 58.2 Å². The molecule has 0 bridgehead atoms. The summed E-state index contributed by atoms with van der Waals surface area (Å²) in [5.41, 5.74) is 3.43. The molecule has 2 aliphatic rings. The number of piperidine rings is 1. The van der Waals surface area contributed by atoms with E-state index in [0.29, 0.717) is 33.0 Å². The molecule has 200 valence electrons. The summed E-state index contributed by atoms with van der Waals surface area (Å²) in [7, 11) is 1.67. The lowest BCUT2D eigenvalue weighted by Crippen LogP contribution is -2.49. The Labute approximate surface area is 225 Å². The number of benzene rings is 3. The third kappa shape index (κ3) is 7.03. The summed E-state index contributed by atoms with van der Waals surface area (Å²) < 4.78 is 29.9. The second kappa shape index (κ2) is 13.1. The first kappa shape index (κ1) is 26.4. The molecule has 0 saturated carbocycles. The summed E-state index contributed by atoms with van der Waals surface area (Å²) in [6.07, 6.45) is 6.78. The quantitative estimate of drug-likeness (QED) is 0.251. The van der Waals surface area contributed by atoms with Crippen LogP contribution in [-0.4, -0.2) is 38.8 Å². The molecule has 6 nitrogen and oxygen atoms in total. The smallest absolute Gasteiger partial charge is 0.172 e. The molecule has 2 fully saturated rings. The van der Waals surface area contributed by atoms with E-state index in [9.17, 15) is 0 Å². The highest BCUT2D eigenvalue weighted by molar-refractivity contribution is 5.44. The second-order valence-electron chi connectivity index (χ2n) is 9.78. The Hall–Kier alpha value is -3.16. The van der Waals surface area contributed by atoms with E-state index < -0.39 is 5.79 Å². The van der Waals surface area contributed by atoms with Crippen LogP contribution in [0.5, 0.6) is 11.5 Å². The van der Waals surface area contributed by atoms with Gasteiger partial charge in [-0.2, -0.15) is 0 Å². The largest absolute Gasteiger partial charge is 0.493 e. The first-order valence-electron chi connectivity index (χ1n) is 13.4. The number of ether oxygens (including phenoxy) is 5. The molecule has 0 unspecified atom stereocenters. The highest BCUT2D eigenvalue weighted by Crippen LogP contribution is 2.41. The molecular weight excluding hydrogens is 478 g/mol. The molecule has 0 radical (unpaired) electrons. The molecule has 0 aliphatic carbocycles. The van der Waals surface area contributed by atoms with E-state index >= 15 is 0 Å². The first-order valence-corrected chi connectivity index (χ1v) is 13.4. The summed E-state index contributed by atoms with van der Waals surface area (Å²) in [5.74, 6) is 0.876. The Bertz CT molecular complexity index is 1160. The lowest BCUT2D eigenvalue weighted by atomic mass is 9.88. The average Bonchev–Trinajstić information content (AvgIpc) is 3.41. The normalized spacial score (nSPS) is 20.7. The van der Waals surface area contributed by atoms with Crippen molar-refractivity contribution in [2.45, 2.75) is 50.3 Å². The fraction of sp³-hybridized carbons (Fsp3) is 0.375. The predicted octanol–water partition coefficient (Wildman–Crippen LogP) is 5.97. The van der Waals surface area contributed by atoms with E-state index in [2.05, 4.69) is 53.9 Å². The lowest BCUT2D eigenvalue weighted by Gasteiger charge is -2.41. The molecule has 6 heteroatoms. The number of rotatable bonds is 11. The van der Waals surface area contributed by atoms with Crippen LogP contribution in [0.1, 0.15) is 42.0 Å². The van der Waals surface area contributed by atoms with Crippen LogP contribution in [0.4, 0.5) is 0 Å². The summed E-state index contributed by atoms with van der Waals surface area (Å²) in [6.45, 7) is 3.05. The fourth-order valence-corrected chi connectivity index (χ4v) is 5.11. The lowest BCUT2D eigenvalue weighted by molar-refractivity contribution is -0.185. The summed E-state index contributed by atoms with van der Waals surface area (Å²) in [4.78, 5) is 0. The maximum atomic E-state index is 6.18. The molecule has 2 aliphatic heterocycles. The zero-order valence-electron chi connectivity index (χ0n) is 22.0. The minimum absolute atomic E-state index is 0.0517. The molecule has 1 N–H and O–H groups in total. The van der Waals surface area contributed by atoms with Crippen molar-refractivity contribution < 1.29 is 23.7 Å². The third-order valence-electron chi connectivity index (χ3n) is 7.01. The molecule has 0 amide bonds. The zero-order valence-corrected chi connectivity index (χ0v) is 22.0. The Morgan fingerprint density at radius 1 is 0.868 bits per heavy atom. The van der Waals surface area contributed by atoms with Crippen LogP contribution in [0.2, 0.25) is 0 Å². The molecule has 2 heterocycles. The number of hydrogen-bond acceptors (Lipinski definition) is 6. The van der Waals surface area contributed by atoms with Gasteiger partial charge >= 0.3 is 0 Å². The Morgan fingerprint density at radius 3 is 2.29 bits per heavy atom. The van der Waals surface area contributed by atoms with Crippen LogP contribution in [0.25, 0.3) is 0 Å². The molecule has 0 aromatic heterocycles. The van der Waals surface area contributed by atoms with Crippen molar-refractivity contribution in [2.24, 2.45) is 0 Å². The van der Waals surface area contributed by atoms with Gasteiger partial charge in [0.05, 0.1) is 33.5 Å². The third-order valence-corrected chi connectivity index (χ3v) is 7.01. The number of nitrogens with one attached hydrogen (secondary N) is 1. The maximum Gasteiger partial charge on any atom is 0.172 e. The molecule has 3 aromatic rings. The molecular formula is C32H37NO5. The van der Waals surface area contributed by atoms with Gasteiger partial charge in [-0.1, -0.05) is 78.9 Å². The van der Waals surface area contributed by atoms with Crippen LogP contribution >= 0.6 is 0 Å². The standard InChI is InChI=1S/C32H37NO5/c1-34-30-16-15-27(20-31(30)36-24-26-12-6-3-7-13-26)29-22-32(37-18-19-38-32)21-28(33-29)14-8-9-17-35-23-25-10-4-2-5-11-25/h2-8,10-16,20,28-29,33H,9,17-19,21-24H2,1H3/b14-8+/t28-,29-/m0/s1. The predicted molar refractivity (Wildman–Crippen MR) is 147 cm³/mol. The fourth-order valence-electron chi connectivity index (χ4n) is 5.11. The van der Waals surface area contributed by atoms with Crippen molar-refractivity contribution in [3.8, 4) is 11.5 Å². The molecule has 3 aromatic carbocycles. The van der Waals surface area contributed by atoms with Crippen molar-refractivity contribution >= 4 is 0 Å². The van der Waals surface area contributed by atoms with Gasteiger partial charge in [-0.15, -0.1) is 0 Å². The van der Waals surface area contributed by atoms with Crippen molar-refractivity contribution in [1.82, 2.24) is 5.32 Å². The van der Waals surface area contributed by atoms with Gasteiger partial charge in [0.25, 0.3) is 0 Å². The van der Waals surface area contributed by atoms with E-state index in [4.69, 9.17) is 23.7 Å². The first-order chi connectivity index (χ1) is 18.7. The molecule has 38 heavy (non-hydrogen) atoms. The van der Waals surface area contributed by atoms with Crippen LogP contribution in [0.3, 0.4) is 0 Å². The zero-order chi connectivity index (χ0) is 26.0. The van der Waals surface area contributed by atoms with Crippen LogP contribution < -0.4 is 14.8 Å². The van der Waals surface area contributed by atoms with Gasteiger partial charge in [-0.3, -0.25) is 0 Å². The number of methoxy groups -OCH3 is 1. The van der Waals surface area contributed by atoms with E-state index in [1.807, 2.05) is 42.5 Å². The maximum absolute atomic E-state index is 6.18. The monoisotopic (exact) mass is 515 g/mol. The minimum Gasteiger partial charge on any atom is -0.493 e. The van der Waals surface area contributed by atoms with Gasteiger partial charge in [0.1, 0.15) is 6.61 Å². The second-order valence-corrected chi connectivity index (χ2v) is 9.78. The van der Waals surface area contributed by atoms with Crippen molar-refractivity contribution in [2.75, 3.05) is 26.9 Å². The van der Waals surface area contributed by atoms with Gasteiger partial charge in [0.15, 0.2) is 17.3 Å². The van der Waals surface area contributed by atoms with E-state index in [1.165, 1.54) is 5.56 Å². The van der Waals surface area contributed by atoms with Crippen molar-refractivity contribution in [1.29, 1.82) is 0 Å². The minimum atomic E-state index is -0.570. The summed E-state index contributed by atoms with van der Waals surface area (Å²) in [6, 6.07) is 26.7. The Kier molecular flexibility index (Phi) is 9.10. The van der Waals surface area contributed by atoms with Gasteiger partial charge in [0, 0.05) is 24.9 Å². The summed E-state index contributed by atoms with van der Waals surface area (Å²) >= 11 is 0. The molecule has 2 atom stereocenters. The highest BCUT2D eigenvalue weighted by atomic mass is 16.7. The van der Waals surface area contributed by atoms with Gasteiger partial charge in [0.2, 0.25) is 0 Å². The number of hydrogen-bond donors (Lipinski definition) is 1. The van der Waals surface area contributed by atoms with Crippen LogP contribution in [0, 0.1) is 0 Å². The highest BCUT2D eigenvalue weighted by Gasteiger charge is 2.44. The van der Waals surface area contributed by atoms with Gasteiger partial charge in [-0.25, -0.2) is 0 Å². The van der Waals surface area contributed by atoms with Crippen molar-refractivity contribution in [3.63, 3.8) is 0 Å². The average molecular weight is 516 g/mol. The van der Waals surface area contributed by atoms with E-state index in [1.54, 1.807) is 7.11 Å². The molecule has 2 saturated heterocycles. The van der Waals surface area contributed by atoms with Crippen LogP contribution in [0.15, 0.2) is 91.0 Å². The van der Waals surface area contributed by atoms with E-state index in [-0.39, 0.29) is 12.1 Å². The summed E-state index contributed by atoms with van der Waals surface area (Å²) in [5, 5.41) is 3.79. The van der Waals surface area contributed by atoms with Crippen molar-refractivity contribution in [3.05, 3.63) is 108 Å². The van der Waals surface area contributed by atoms with Gasteiger partial charge < -0.3 is 29.0 Å². The molecule has 1 spiro atoms.